The summed E-state index contributed by atoms with van der Waals surface area (Å²) in [5.41, 5.74) is 16.3. The van der Waals surface area contributed by atoms with Crippen LogP contribution in [-0.4, -0.2) is 64.6 Å². The van der Waals surface area contributed by atoms with Gasteiger partial charge in [0.1, 0.15) is 12.1 Å². The van der Waals surface area contributed by atoms with Crippen LogP contribution in [0.2, 0.25) is 0 Å². The summed E-state index contributed by atoms with van der Waals surface area (Å²) in [5.74, 6) is -4.55. The molecular weight excluding hydrogens is 372 g/mol. The van der Waals surface area contributed by atoms with E-state index in [2.05, 4.69) is 15.6 Å². The molecule has 10 N–H and O–H groups in total. The number of hydrogen-bond acceptors (Lipinski definition) is 6. The van der Waals surface area contributed by atoms with Gasteiger partial charge in [0.25, 0.3) is 0 Å². The quantitative estimate of drug-likeness (QED) is 0.102. The van der Waals surface area contributed by atoms with Gasteiger partial charge < -0.3 is 38.0 Å². The van der Waals surface area contributed by atoms with E-state index in [4.69, 9.17) is 27.4 Å². The summed E-state index contributed by atoms with van der Waals surface area (Å²) in [6, 6.07) is -3.61. The summed E-state index contributed by atoms with van der Waals surface area (Å²) in [6.45, 7) is 3.84. The average molecular weight is 402 g/mol. The van der Waals surface area contributed by atoms with Crippen LogP contribution in [0.4, 0.5) is 0 Å². The zero-order chi connectivity index (χ0) is 21.9. The number of carboxylic acids is 2. The molecule has 28 heavy (non-hydrogen) atoms. The number of guanidine groups is 1. The third-order valence-electron chi connectivity index (χ3n) is 4.13. The maximum Gasteiger partial charge on any atom is 0.326 e. The van der Waals surface area contributed by atoms with Crippen LogP contribution >= 0.6 is 0 Å². The molecule has 0 aromatic carbocycles. The molecule has 0 aromatic rings. The van der Waals surface area contributed by atoms with Gasteiger partial charge in [-0.1, -0.05) is 20.3 Å². The van der Waals surface area contributed by atoms with Crippen LogP contribution in [0.5, 0.6) is 0 Å². The maximum absolute atomic E-state index is 12.5. The fourth-order valence-corrected chi connectivity index (χ4v) is 2.20. The highest BCUT2D eigenvalue weighted by Gasteiger charge is 2.29. The van der Waals surface area contributed by atoms with Crippen LogP contribution in [0, 0.1) is 5.92 Å². The van der Waals surface area contributed by atoms with E-state index in [9.17, 15) is 19.2 Å². The van der Waals surface area contributed by atoms with Gasteiger partial charge in [-0.15, -0.1) is 0 Å². The molecule has 0 heterocycles. The largest absolute Gasteiger partial charge is 0.481 e. The second kappa shape index (κ2) is 12.5. The molecule has 2 amide bonds. The summed E-state index contributed by atoms with van der Waals surface area (Å²) in [7, 11) is 0. The van der Waals surface area contributed by atoms with E-state index in [0.29, 0.717) is 12.8 Å². The lowest BCUT2D eigenvalue weighted by Crippen LogP contribution is -2.55. The number of amides is 2. The smallest absolute Gasteiger partial charge is 0.326 e. The zero-order valence-corrected chi connectivity index (χ0v) is 16.1. The molecule has 0 aliphatic rings. The topological polar surface area (TPSA) is 223 Å². The minimum atomic E-state index is -1.63. The van der Waals surface area contributed by atoms with Crippen LogP contribution in [0.1, 0.15) is 39.5 Å². The van der Waals surface area contributed by atoms with Crippen molar-refractivity contribution >= 4 is 29.7 Å². The molecule has 0 saturated heterocycles. The van der Waals surface area contributed by atoms with E-state index >= 15 is 0 Å². The lowest BCUT2D eigenvalue weighted by molar-refractivity contribution is -0.147. The summed E-state index contributed by atoms with van der Waals surface area (Å²) in [5, 5.41) is 22.5. The molecule has 0 rings (SSSR count). The number of rotatable bonds is 13. The molecule has 12 nitrogen and oxygen atoms in total. The third kappa shape index (κ3) is 9.71. The van der Waals surface area contributed by atoms with Crippen molar-refractivity contribution in [2.24, 2.45) is 28.1 Å². The van der Waals surface area contributed by atoms with Crippen molar-refractivity contribution in [2.45, 2.75) is 57.7 Å². The number of hydrogen-bond donors (Lipinski definition) is 7. The van der Waals surface area contributed by atoms with Crippen molar-refractivity contribution in [3.63, 3.8) is 0 Å². The Hall–Kier alpha value is -2.89. The van der Waals surface area contributed by atoms with E-state index in [0.717, 1.165) is 0 Å². The first-order chi connectivity index (χ1) is 13.0. The van der Waals surface area contributed by atoms with Crippen molar-refractivity contribution in [3.8, 4) is 0 Å². The van der Waals surface area contributed by atoms with Crippen molar-refractivity contribution in [1.29, 1.82) is 0 Å². The van der Waals surface area contributed by atoms with E-state index in [1.807, 2.05) is 6.92 Å². The molecule has 160 valence electrons. The number of nitrogens with one attached hydrogen (secondary N) is 2. The standard InChI is InChI=1S/C16H30N6O6/c1-3-8(2)12(17)14(26)21-9(5-4-6-20-16(18)19)13(25)22-10(15(27)28)7-11(23)24/h8-10,12H,3-7,17H2,1-2H3,(H,21,26)(H,22,25)(H,23,24)(H,27,28)(H4,18,19,20)/t8-,9-,10-,12-/m0/s1. The highest BCUT2D eigenvalue weighted by atomic mass is 16.4. The van der Waals surface area contributed by atoms with Crippen molar-refractivity contribution in [3.05, 3.63) is 0 Å². The molecule has 0 radical (unpaired) electrons. The minimum Gasteiger partial charge on any atom is -0.481 e. The van der Waals surface area contributed by atoms with Crippen LogP contribution < -0.4 is 27.8 Å². The normalized spacial score (nSPS) is 14.8. The Morgan fingerprint density at radius 1 is 1.04 bits per heavy atom. The number of carboxylic acid groups (broad SMARTS) is 2. The molecule has 0 aliphatic heterocycles. The fourth-order valence-electron chi connectivity index (χ4n) is 2.20. The first kappa shape index (κ1) is 25.1. The van der Waals surface area contributed by atoms with E-state index in [-0.39, 0.29) is 24.8 Å². The predicted molar refractivity (Wildman–Crippen MR) is 101 cm³/mol. The van der Waals surface area contributed by atoms with Crippen LogP contribution in [-0.2, 0) is 19.2 Å². The molecule has 0 spiro atoms. The zero-order valence-electron chi connectivity index (χ0n) is 16.1. The molecule has 0 fully saturated rings. The lowest BCUT2D eigenvalue weighted by Gasteiger charge is -2.24. The summed E-state index contributed by atoms with van der Waals surface area (Å²) < 4.78 is 0. The van der Waals surface area contributed by atoms with Crippen LogP contribution in [0.25, 0.3) is 0 Å². The van der Waals surface area contributed by atoms with Gasteiger partial charge in [0, 0.05) is 6.54 Å². The number of nitrogens with zero attached hydrogens (tertiary/aromatic N) is 1. The monoisotopic (exact) mass is 402 g/mol. The number of aliphatic imine (C=N–C) groups is 1. The Morgan fingerprint density at radius 2 is 1.61 bits per heavy atom. The highest BCUT2D eigenvalue weighted by molar-refractivity contribution is 5.92. The Morgan fingerprint density at radius 3 is 2.07 bits per heavy atom. The lowest BCUT2D eigenvalue weighted by atomic mass is 9.98. The van der Waals surface area contributed by atoms with Gasteiger partial charge in [0.2, 0.25) is 11.8 Å². The number of nitrogens with two attached hydrogens (primary N) is 3. The Bertz CT molecular complexity index is 592. The van der Waals surface area contributed by atoms with Gasteiger partial charge in [-0.05, 0) is 18.8 Å². The molecule has 0 bridgehead atoms. The van der Waals surface area contributed by atoms with E-state index < -0.39 is 48.3 Å². The van der Waals surface area contributed by atoms with E-state index in [1.54, 1.807) is 6.92 Å². The molecule has 0 aromatic heterocycles. The van der Waals surface area contributed by atoms with Gasteiger partial charge in [-0.2, -0.15) is 0 Å². The SMILES string of the molecule is CC[C@H](C)[C@H](N)C(=O)N[C@@H](CCCN=C(N)N)C(=O)N[C@@H](CC(=O)O)C(=O)O. The van der Waals surface area contributed by atoms with Gasteiger partial charge in [-0.25, -0.2) is 4.79 Å². The molecule has 0 saturated carbocycles. The third-order valence-corrected chi connectivity index (χ3v) is 4.13. The highest BCUT2D eigenvalue weighted by Crippen LogP contribution is 2.07. The maximum atomic E-state index is 12.5. The van der Waals surface area contributed by atoms with Crippen molar-refractivity contribution in [2.75, 3.05) is 6.54 Å². The predicted octanol–water partition coefficient (Wildman–Crippen LogP) is -2.06. The fraction of sp³-hybridized carbons (Fsp3) is 0.688. The van der Waals surface area contributed by atoms with Crippen molar-refractivity contribution in [1.82, 2.24) is 10.6 Å². The van der Waals surface area contributed by atoms with Crippen LogP contribution in [0.15, 0.2) is 4.99 Å². The van der Waals surface area contributed by atoms with Crippen LogP contribution in [0.3, 0.4) is 0 Å². The Labute approximate surface area is 162 Å². The number of carbonyl (C=O) groups is 4. The number of carbonyl (C=O) groups excluding carboxylic acids is 2. The average Bonchev–Trinajstić information content (AvgIpc) is 2.61. The molecule has 4 atom stereocenters. The first-order valence-corrected chi connectivity index (χ1v) is 8.85. The Balaban J connectivity index is 5.19. The summed E-state index contributed by atoms with van der Waals surface area (Å²) in [6.07, 6.45) is 0.254. The molecule has 12 heteroatoms. The second-order valence-electron chi connectivity index (χ2n) is 6.42. The van der Waals surface area contributed by atoms with E-state index in [1.165, 1.54) is 0 Å². The number of aliphatic carboxylic acids is 2. The van der Waals surface area contributed by atoms with Gasteiger partial charge in [0.05, 0.1) is 12.5 Å². The summed E-state index contributed by atoms with van der Waals surface area (Å²) in [4.78, 5) is 50.5. The summed E-state index contributed by atoms with van der Waals surface area (Å²) >= 11 is 0. The Kier molecular flexibility index (Phi) is 11.2. The van der Waals surface area contributed by atoms with Crippen molar-refractivity contribution < 1.29 is 29.4 Å². The minimum absolute atomic E-state index is 0.0982. The van der Waals surface area contributed by atoms with Gasteiger partial charge in [0.15, 0.2) is 5.96 Å². The van der Waals surface area contributed by atoms with Gasteiger partial charge in [-0.3, -0.25) is 19.4 Å². The van der Waals surface area contributed by atoms with Gasteiger partial charge >= 0.3 is 11.9 Å². The molecule has 0 unspecified atom stereocenters. The molecular formula is C16H30N6O6. The first-order valence-electron chi connectivity index (χ1n) is 8.85. The molecule has 0 aliphatic carbocycles. The second-order valence-corrected chi connectivity index (χ2v) is 6.42.